The van der Waals surface area contributed by atoms with Crippen molar-refractivity contribution in [3.05, 3.63) is 0 Å². The van der Waals surface area contributed by atoms with Gasteiger partial charge < -0.3 is 21.1 Å². The third-order valence-corrected chi connectivity index (χ3v) is 2.88. The first-order valence-electron chi connectivity index (χ1n) is 7.88. The molecule has 1 aromatic rings. The first kappa shape index (κ1) is 17.4. The molecule has 0 aliphatic rings. The van der Waals surface area contributed by atoms with E-state index >= 15 is 0 Å². The SMILES string of the molecule is CCCCNc1nc(NCCCC)nc(NCCCO)n1. The first-order chi connectivity index (χ1) is 10.3. The largest absolute Gasteiger partial charge is 0.396 e. The molecule has 0 saturated carbocycles. The zero-order valence-corrected chi connectivity index (χ0v) is 13.2. The molecule has 7 heteroatoms. The minimum Gasteiger partial charge on any atom is -0.396 e. The second-order valence-corrected chi connectivity index (χ2v) is 4.87. The summed E-state index contributed by atoms with van der Waals surface area (Å²) in [5.74, 6) is 1.71. The van der Waals surface area contributed by atoms with E-state index in [2.05, 4.69) is 44.7 Å². The number of hydrogen-bond donors (Lipinski definition) is 4. The molecule has 0 aromatic carbocycles. The lowest BCUT2D eigenvalue weighted by Gasteiger charge is -2.10. The van der Waals surface area contributed by atoms with E-state index in [4.69, 9.17) is 5.11 Å². The average molecular weight is 296 g/mol. The van der Waals surface area contributed by atoms with Crippen LogP contribution in [0.15, 0.2) is 0 Å². The highest BCUT2D eigenvalue weighted by Crippen LogP contribution is 2.10. The van der Waals surface area contributed by atoms with Crippen LogP contribution in [-0.2, 0) is 0 Å². The van der Waals surface area contributed by atoms with Crippen LogP contribution < -0.4 is 16.0 Å². The molecule has 1 rings (SSSR count). The van der Waals surface area contributed by atoms with Crippen LogP contribution in [0.3, 0.4) is 0 Å². The van der Waals surface area contributed by atoms with Gasteiger partial charge in [-0.1, -0.05) is 26.7 Å². The van der Waals surface area contributed by atoms with Crippen LogP contribution >= 0.6 is 0 Å². The molecule has 1 heterocycles. The van der Waals surface area contributed by atoms with Gasteiger partial charge in [-0.25, -0.2) is 0 Å². The Labute approximate surface area is 127 Å². The Morgan fingerprint density at radius 2 is 1.10 bits per heavy atom. The van der Waals surface area contributed by atoms with E-state index in [-0.39, 0.29) is 6.61 Å². The molecule has 1 aromatic heterocycles. The maximum atomic E-state index is 8.82. The number of aliphatic hydroxyl groups is 1. The lowest BCUT2D eigenvalue weighted by Crippen LogP contribution is -2.14. The van der Waals surface area contributed by atoms with Gasteiger partial charge in [0.2, 0.25) is 17.8 Å². The zero-order chi connectivity index (χ0) is 15.3. The maximum absolute atomic E-state index is 8.82. The second-order valence-electron chi connectivity index (χ2n) is 4.87. The van der Waals surface area contributed by atoms with Gasteiger partial charge in [0.15, 0.2) is 0 Å². The van der Waals surface area contributed by atoms with Crippen LogP contribution in [0.25, 0.3) is 0 Å². The number of unbranched alkanes of at least 4 members (excludes halogenated alkanes) is 2. The lowest BCUT2D eigenvalue weighted by atomic mass is 10.3. The van der Waals surface area contributed by atoms with E-state index < -0.39 is 0 Å². The minimum atomic E-state index is 0.154. The Balaban J connectivity index is 2.65. The fourth-order valence-corrected chi connectivity index (χ4v) is 1.65. The fraction of sp³-hybridized carbons (Fsp3) is 0.786. The summed E-state index contributed by atoms with van der Waals surface area (Å²) in [6, 6.07) is 0. The van der Waals surface area contributed by atoms with Gasteiger partial charge in [0.25, 0.3) is 0 Å². The molecule has 7 nitrogen and oxygen atoms in total. The molecule has 4 N–H and O–H groups in total. The van der Waals surface area contributed by atoms with Crippen molar-refractivity contribution in [2.24, 2.45) is 0 Å². The molecular formula is C14H28N6O. The summed E-state index contributed by atoms with van der Waals surface area (Å²) in [6.45, 7) is 6.80. The minimum absolute atomic E-state index is 0.154. The highest BCUT2D eigenvalue weighted by atomic mass is 16.3. The third-order valence-electron chi connectivity index (χ3n) is 2.88. The summed E-state index contributed by atoms with van der Waals surface area (Å²) in [5.41, 5.74) is 0. The van der Waals surface area contributed by atoms with Crippen LogP contribution in [0.4, 0.5) is 17.8 Å². The predicted octanol–water partition coefficient (Wildman–Crippen LogP) is 2.09. The standard InChI is InChI=1S/C14H28N6O/c1-3-5-8-15-12-18-13(16-9-6-4-2)20-14(19-12)17-10-7-11-21/h21H,3-11H2,1-2H3,(H3,15,16,17,18,19,20). The van der Waals surface area contributed by atoms with E-state index in [9.17, 15) is 0 Å². The Hall–Kier alpha value is -1.63. The molecule has 0 aliphatic heterocycles. The summed E-state index contributed by atoms with van der Waals surface area (Å²) in [7, 11) is 0. The fourth-order valence-electron chi connectivity index (χ4n) is 1.65. The van der Waals surface area contributed by atoms with E-state index in [0.29, 0.717) is 30.8 Å². The third kappa shape index (κ3) is 7.65. The van der Waals surface area contributed by atoms with Gasteiger partial charge in [0.05, 0.1) is 0 Å². The maximum Gasteiger partial charge on any atom is 0.229 e. The van der Waals surface area contributed by atoms with Crippen LogP contribution in [0.5, 0.6) is 0 Å². The molecule has 21 heavy (non-hydrogen) atoms. The Bertz CT molecular complexity index is 318. The normalized spacial score (nSPS) is 10.4. The van der Waals surface area contributed by atoms with Gasteiger partial charge in [0, 0.05) is 26.2 Å². The quantitative estimate of drug-likeness (QED) is 0.439. The molecule has 0 atom stereocenters. The summed E-state index contributed by atoms with van der Waals surface area (Å²) in [4.78, 5) is 13.0. The van der Waals surface area contributed by atoms with Crippen molar-refractivity contribution in [3.8, 4) is 0 Å². The molecular weight excluding hydrogens is 268 g/mol. The van der Waals surface area contributed by atoms with E-state index in [0.717, 1.165) is 38.8 Å². The number of rotatable bonds is 12. The highest BCUT2D eigenvalue weighted by Gasteiger charge is 2.05. The van der Waals surface area contributed by atoms with Crippen molar-refractivity contribution in [1.29, 1.82) is 0 Å². The molecule has 0 spiro atoms. The molecule has 0 fully saturated rings. The van der Waals surface area contributed by atoms with Gasteiger partial charge in [-0.05, 0) is 19.3 Å². The van der Waals surface area contributed by atoms with Crippen LogP contribution in [0.1, 0.15) is 46.0 Å². The average Bonchev–Trinajstić information content (AvgIpc) is 2.48. The topological polar surface area (TPSA) is 95.0 Å². The summed E-state index contributed by atoms with van der Waals surface area (Å²) in [5, 5.41) is 18.4. The second kappa shape index (κ2) is 11.1. The van der Waals surface area contributed by atoms with Crippen molar-refractivity contribution in [2.75, 3.05) is 42.2 Å². The van der Waals surface area contributed by atoms with Crippen LogP contribution in [0.2, 0.25) is 0 Å². The van der Waals surface area contributed by atoms with Gasteiger partial charge in [-0.3, -0.25) is 0 Å². The zero-order valence-electron chi connectivity index (χ0n) is 13.2. The molecule has 120 valence electrons. The molecule has 0 saturated heterocycles. The Morgan fingerprint density at radius 1 is 0.714 bits per heavy atom. The highest BCUT2D eigenvalue weighted by molar-refractivity contribution is 5.42. The molecule has 0 unspecified atom stereocenters. The van der Waals surface area contributed by atoms with E-state index in [1.54, 1.807) is 0 Å². The van der Waals surface area contributed by atoms with Crippen molar-refractivity contribution in [3.63, 3.8) is 0 Å². The van der Waals surface area contributed by atoms with Gasteiger partial charge >= 0.3 is 0 Å². The van der Waals surface area contributed by atoms with E-state index in [1.165, 1.54) is 0 Å². The van der Waals surface area contributed by atoms with Crippen LogP contribution in [-0.4, -0.2) is 46.3 Å². The Morgan fingerprint density at radius 3 is 1.43 bits per heavy atom. The van der Waals surface area contributed by atoms with Crippen molar-refractivity contribution in [2.45, 2.75) is 46.0 Å². The van der Waals surface area contributed by atoms with Gasteiger partial charge in [-0.2, -0.15) is 15.0 Å². The number of aliphatic hydroxyl groups excluding tert-OH is 1. The smallest absolute Gasteiger partial charge is 0.229 e. The summed E-state index contributed by atoms with van der Waals surface area (Å²) < 4.78 is 0. The van der Waals surface area contributed by atoms with Crippen molar-refractivity contribution in [1.82, 2.24) is 15.0 Å². The van der Waals surface area contributed by atoms with Gasteiger partial charge in [-0.15, -0.1) is 0 Å². The molecule has 0 radical (unpaired) electrons. The van der Waals surface area contributed by atoms with E-state index in [1.807, 2.05) is 0 Å². The summed E-state index contributed by atoms with van der Waals surface area (Å²) in [6.07, 6.45) is 5.08. The number of aromatic nitrogens is 3. The number of nitrogens with one attached hydrogen (secondary N) is 3. The first-order valence-corrected chi connectivity index (χ1v) is 7.88. The van der Waals surface area contributed by atoms with Crippen LogP contribution in [0, 0.1) is 0 Å². The van der Waals surface area contributed by atoms with Gasteiger partial charge in [0.1, 0.15) is 0 Å². The van der Waals surface area contributed by atoms with Crippen molar-refractivity contribution < 1.29 is 5.11 Å². The lowest BCUT2D eigenvalue weighted by molar-refractivity contribution is 0.292. The molecule has 0 aliphatic carbocycles. The number of nitrogens with zero attached hydrogens (tertiary/aromatic N) is 3. The predicted molar refractivity (Wildman–Crippen MR) is 86.8 cm³/mol. The number of hydrogen-bond acceptors (Lipinski definition) is 7. The Kier molecular flexibility index (Phi) is 9.19. The number of anilines is 3. The van der Waals surface area contributed by atoms with Crippen molar-refractivity contribution >= 4 is 17.8 Å². The monoisotopic (exact) mass is 296 g/mol. The summed E-state index contributed by atoms with van der Waals surface area (Å²) >= 11 is 0. The molecule has 0 amide bonds. The molecule has 0 bridgehead atoms.